The minimum Gasteiger partial charge on any atom is -0.193 e. The first kappa shape index (κ1) is 9.90. The predicted octanol–water partition coefficient (Wildman–Crippen LogP) is 3.93. The molecule has 2 atom stereocenters. The molecular weight excluding hydrogens is 282 g/mol. The molecule has 0 saturated heterocycles. The lowest BCUT2D eigenvalue weighted by Crippen LogP contribution is -2.31. The zero-order valence-electron chi connectivity index (χ0n) is 5.99. The van der Waals surface area contributed by atoms with E-state index in [1.807, 2.05) is 0 Å². The van der Waals surface area contributed by atoms with Crippen LogP contribution in [0.4, 0.5) is 8.78 Å². The van der Waals surface area contributed by atoms with Crippen LogP contribution < -0.4 is 0 Å². The summed E-state index contributed by atoms with van der Waals surface area (Å²) in [6, 6.07) is 0. The van der Waals surface area contributed by atoms with Gasteiger partial charge in [0, 0.05) is 10.7 Å². The van der Waals surface area contributed by atoms with Gasteiger partial charge in [0.25, 0.3) is 0 Å². The maximum Gasteiger partial charge on any atom is 0.305 e. The van der Waals surface area contributed by atoms with Crippen LogP contribution >= 0.6 is 31.9 Å². The third-order valence-corrected chi connectivity index (χ3v) is 3.79. The molecule has 11 heavy (non-hydrogen) atoms. The lowest BCUT2D eigenvalue weighted by atomic mass is 9.89. The Balaban J connectivity index is 2.55. The highest BCUT2D eigenvalue weighted by molar-refractivity contribution is 9.10. The molecule has 0 radical (unpaired) electrons. The van der Waals surface area contributed by atoms with E-state index in [1.54, 1.807) is 0 Å². The zero-order chi connectivity index (χ0) is 8.48. The van der Waals surface area contributed by atoms with E-state index in [2.05, 4.69) is 31.9 Å². The first-order valence-corrected chi connectivity index (χ1v) is 5.43. The molecule has 0 unspecified atom stereocenters. The predicted molar refractivity (Wildman–Crippen MR) is 48.5 cm³/mol. The molecule has 66 valence electrons. The van der Waals surface area contributed by atoms with E-state index < -0.39 is 10.7 Å². The van der Waals surface area contributed by atoms with Gasteiger partial charge < -0.3 is 0 Å². The molecule has 0 N–H and O–H groups in total. The summed E-state index contributed by atoms with van der Waals surface area (Å²) >= 11 is 5.70. The van der Waals surface area contributed by atoms with Crippen LogP contribution in [0.5, 0.6) is 0 Å². The summed E-state index contributed by atoms with van der Waals surface area (Å²) in [5.41, 5.74) is 0. The van der Waals surface area contributed by atoms with E-state index in [9.17, 15) is 8.78 Å². The molecule has 0 amide bonds. The molecule has 1 aliphatic rings. The Morgan fingerprint density at radius 3 is 2.09 bits per heavy atom. The third-order valence-electron chi connectivity index (χ3n) is 2.10. The van der Waals surface area contributed by atoms with Crippen molar-refractivity contribution in [3.05, 3.63) is 0 Å². The monoisotopic (exact) mass is 290 g/mol. The number of hydrogen-bond acceptors (Lipinski definition) is 0. The normalized spacial score (nSPS) is 33.8. The first-order chi connectivity index (χ1) is 5.02. The van der Waals surface area contributed by atoms with Crippen LogP contribution in [-0.4, -0.2) is 9.66 Å². The minimum atomic E-state index is -2.69. The summed E-state index contributed by atoms with van der Waals surface area (Å²) < 4.78 is 25.5. The maximum absolute atomic E-state index is 12.7. The lowest BCUT2D eigenvalue weighted by molar-refractivity contribution is 0.0316. The average molecular weight is 292 g/mol. The zero-order valence-corrected chi connectivity index (χ0v) is 9.17. The third kappa shape index (κ3) is 2.65. The molecule has 0 bridgehead atoms. The van der Waals surface area contributed by atoms with Crippen LogP contribution in [0.3, 0.4) is 0 Å². The Kier molecular flexibility index (Phi) is 3.32. The molecule has 0 spiro atoms. The summed E-state index contributed by atoms with van der Waals surface area (Å²) in [6.07, 6.45) is 3.48. The van der Waals surface area contributed by atoms with Crippen molar-refractivity contribution in [2.24, 2.45) is 5.92 Å². The van der Waals surface area contributed by atoms with Gasteiger partial charge in [0.05, 0.1) is 0 Å². The summed E-state index contributed by atoms with van der Waals surface area (Å²) in [4.78, 5) is -2.72. The number of rotatable bonds is 1. The van der Waals surface area contributed by atoms with Crippen LogP contribution in [0.1, 0.15) is 25.7 Å². The van der Waals surface area contributed by atoms with Gasteiger partial charge in [0.2, 0.25) is 0 Å². The molecule has 0 aliphatic heterocycles. The maximum atomic E-state index is 12.7. The van der Waals surface area contributed by atoms with Crippen molar-refractivity contribution in [2.45, 2.75) is 35.3 Å². The fourth-order valence-electron chi connectivity index (χ4n) is 1.45. The van der Waals surface area contributed by atoms with Gasteiger partial charge in [-0.15, -0.1) is 0 Å². The summed E-state index contributed by atoms with van der Waals surface area (Å²) in [6.45, 7) is 0. The van der Waals surface area contributed by atoms with Crippen molar-refractivity contribution in [3.63, 3.8) is 0 Å². The number of alkyl halides is 4. The Labute approximate surface area is 82.0 Å². The summed E-state index contributed by atoms with van der Waals surface area (Å²) in [7, 11) is 0. The second kappa shape index (κ2) is 3.69. The van der Waals surface area contributed by atoms with Gasteiger partial charge in [-0.3, -0.25) is 0 Å². The highest BCUT2D eigenvalue weighted by Crippen LogP contribution is 2.43. The fourth-order valence-corrected chi connectivity index (χ4v) is 3.28. The van der Waals surface area contributed by atoms with Crippen LogP contribution in [0.25, 0.3) is 0 Å². The van der Waals surface area contributed by atoms with Crippen molar-refractivity contribution in [3.8, 4) is 0 Å². The van der Waals surface area contributed by atoms with Gasteiger partial charge in [-0.2, -0.15) is 8.78 Å². The van der Waals surface area contributed by atoms with E-state index >= 15 is 0 Å². The molecule has 4 heteroatoms. The Morgan fingerprint density at radius 2 is 1.73 bits per heavy atom. The van der Waals surface area contributed by atoms with Crippen molar-refractivity contribution < 1.29 is 8.78 Å². The molecule has 0 aromatic heterocycles. The minimum absolute atomic E-state index is 0.0226. The Morgan fingerprint density at radius 1 is 1.18 bits per heavy atom. The van der Waals surface area contributed by atoms with Crippen molar-refractivity contribution in [2.75, 3.05) is 0 Å². The highest BCUT2D eigenvalue weighted by atomic mass is 79.9. The second-order valence-corrected chi connectivity index (χ2v) is 5.18. The van der Waals surface area contributed by atoms with Gasteiger partial charge in [-0.25, -0.2) is 0 Å². The Hall–Kier alpha value is 0.820. The molecule has 0 aromatic rings. The van der Waals surface area contributed by atoms with Crippen LogP contribution in [0, 0.1) is 5.92 Å². The van der Waals surface area contributed by atoms with E-state index in [-0.39, 0.29) is 4.83 Å². The molecule has 1 aliphatic carbocycles. The molecule has 1 fully saturated rings. The van der Waals surface area contributed by atoms with E-state index in [0.29, 0.717) is 6.42 Å². The van der Waals surface area contributed by atoms with Gasteiger partial charge in [0.1, 0.15) is 0 Å². The van der Waals surface area contributed by atoms with Crippen LogP contribution in [0.15, 0.2) is 0 Å². The van der Waals surface area contributed by atoms with Crippen LogP contribution in [0.2, 0.25) is 0 Å². The van der Waals surface area contributed by atoms with Gasteiger partial charge in [0.15, 0.2) is 0 Å². The number of halogens is 4. The fraction of sp³-hybridized carbons (Fsp3) is 1.00. The quantitative estimate of drug-likeness (QED) is 0.642. The standard InChI is InChI=1S/C7H10Br2F2/c8-6-4-2-1-3-5(6)7(9,10)11/h5-6H,1-4H2/t5-,6-/m1/s1. The SMILES string of the molecule is FC(F)(Br)[C@@H]1CCCC[C@H]1Br. The van der Waals surface area contributed by atoms with Gasteiger partial charge in [-0.05, 0) is 28.8 Å². The second-order valence-electron chi connectivity index (χ2n) is 2.95. The molecular formula is C7H10Br2F2. The molecule has 1 rings (SSSR count). The van der Waals surface area contributed by atoms with Gasteiger partial charge in [-0.1, -0.05) is 28.8 Å². The van der Waals surface area contributed by atoms with E-state index in [0.717, 1.165) is 19.3 Å². The smallest absolute Gasteiger partial charge is 0.193 e. The molecule has 0 aromatic carbocycles. The number of hydrogen-bond donors (Lipinski definition) is 0. The van der Waals surface area contributed by atoms with Gasteiger partial charge >= 0.3 is 4.83 Å². The molecule has 1 saturated carbocycles. The summed E-state index contributed by atoms with van der Waals surface area (Å²) in [5, 5.41) is 0. The molecule has 0 nitrogen and oxygen atoms in total. The Bertz CT molecular complexity index is 133. The summed E-state index contributed by atoms with van der Waals surface area (Å²) in [5.74, 6) is -0.531. The first-order valence-electron chi connectivity index (χ1n) is 3.72. The largest absolute Gasteiger partial charge is 0.305 e. The molecule has 0 heterocycles. The highest BCUT2D eigenvalue weighted by Gasteiger charge is 2.41. The topological polar surface area (TPSA) is 0 Å². The van der Waals surface area contributed by atoms with E-state index in [1.165, 1.54) is 0 Å². The average Bonchev–Trinajstić information content (AvgIpc) is 1.86. The van der Waals surface area contributed by atoms with Crippen LogP contribution in [-0.2, 0) is 0 Å². The van der Waals surface area contributed by atoms with Crippen molar-refractivity contribution >= 4 is 31.9 Å². The van der Waals surface area contributed by atoms with E-state index in [4.69, 9.17) is 0 Å². The van der Waals surface area contributed by atoms with Crippen molar-refractivity contribution in [1.82, 2.24) is 0 Å². The lowest BCUT2D eigenvalue weighted by Gasteiger charge is -2.30. The van der Waals surface area contributed by atoms with Crippen molar-refractivity contribution in [1.29, 1.82) is 0 Å².